The van der Waals surface area contributed by atoms with Gasteiger partial charge >= 0.3 is 0 Å². The molecule has 2 heterocycles. The first-order chi connectivity index (χ1) is 12.7. The van der Waals surface area contributed by atoms with Crippen molar-refractivity contribution >= 4 is 11.8 Å². The van der Waals surface area contributed by atoms with Crippen LogP contribution < -0.4 is 0 Å². The summed E-state index contributed by atoms with van der Waals surface area (Å²) < 4.78 is 0. The summed E-state index contributed by atoms with van der Waals surface area (Å²) in [6, 6.07) is 8.43. The van der Waals surface area contributed by atoms with Gasteiger partial charge in [-0.3, -0.25) is 9.59 Å². The minimum Gasteiger partial charge on any atom is -0.342 e. The lowest BCUT2D eigenvalue weighted by atomic mass is 9.87. The largest absolute Gasteiger partial charge is 0.342 e. The summed E-state index contributed by atoms with van der Waals surface area (Å²) in [5, 5.41) is 0. The number of nitrogens with zero attached hydrogens (tertiary/aromatic N) is 2. The highest BCUT2D eigenvalue weighted by atomic mass is 16.2. The van der Waals surface area contributed by atoms with Crippen LogP contribution in [0.3, 0.4) is 0 Å². The maximum atomic E-state index is 13.1. The minimum atomic E-state index is -0.0125. The van der Waals surface area contributed by atoms with Crippen LogP contribution in [0.25, 0.3) is 0 Å². The van der Waals surface area contributed by atoms with E-state index in [0.717, 1.165) is 32.5 Å². The second kappa shape index (κ2) is 7.81. The Kier molecular flexibility index (Phi) is 5.28. The highest BCUT2D eigenvalue weighted by Gasteiger charge is 2.34. The molecule has 2 amide bonds. The summed E-state index contributed by atoms with van der Waals surface area (Å²) in [7, 11) is 0. The molecule has 4 nitrogen and oxygen atoms in total. The van der Waals surface area contributed by atoms with Gasteiger partial charge in [-0.25, -0.2) is 0 Å². The van der Waals surface area contributed by atoms with Crippen LogP contribution >= 0.6 is 0 Å². The number of rotatable bonds is 3. The standard InChI is InChI=1S/C22H30N2O2/c25-21-11-10-20(16-24(21)14-17-6-2-1-3-7-17)22(26)23-13-12-18-8-4-5-9-19(18)15-23/h4-5,8-9,17,20H,1-3,6-7,10-16H2. The van der Waals surface area contributed by atoms with E-state index in [1.54, 1.807) is 0 Å². The lowest BCUT2D eigenvalue weighted by Crippen LogP contribution is -2.49. The molecule has 26 heavy (non-hydrogen) atoms. The number of likely N-dealkylation sites (tertiary alicyclic amines) is 1. The predicted octanol–water partition coefficient (Wildman–Crippen LogP) is 3.39. The fraction of sp³-hybridized carbons (Fsp3) is 0.636. The van der Waals surface area contributed by atoms with Gasteiger partial charge in [0.1, 0.15) is 0 Å². The molecule has 0 spiro atoms. The van der Waals surface area contributed by atoms with E-state index in [4.69, 9.17) is 0 Å². The fourth-order valence-corrected chi connectivity index (χ4v) is 4.92. The van der Waals surface area contributed by atoms with Gasteiger partial charge in [0.25, 0.3) is 0 Å². The molecule has 0 radical (unpaired) electrons. The Hall–Kier alpha value is -1.84. The van der Waals surface area contributed by atoms with Gasteiger partial charge < -0.3 is 9.80 Å². The van der Waals surface area contributed by atoms with E-state index in [1.807, 2.05) is 9.80 Å². The molecule has 4 rings (SSSR count). The van der Waals surface area contributed by atoms with Gasteiger partial charge in [-0.1, -0.05) is 43.5 Å². The third kappa shape index (κ3) is 3.79. The van der Waals surface area contributed by atoms with Crippen molar-refractivity contribution in [3.05, 3.63) is 35.4 Å². The number of hydrogen-bond acceptors (Lipinski definition) is 2. The van der Waals surface area contributed by atoms with E-state index in [-0.39, 0.29) is 17.7 Å². The third-order valence-electron chi connectivity index (χ3n) is 6.50. The normalized spacial score (nSPS) is 24.5. The number of carbonyl (C=O) groups excluding carboxylic acids is 2. The molecule has 0 aromatic heterocycles. The van der Waals surface area contributed by atoms with Gasteiger partial charge in [-0.2, -0.15) is 0 Å². The summed E-state index contributed by atoms with van der Waals surface area (Å²) in [5.74, 6) is 1.13. The molecule has 1 aromatic carbocycles. The average molecular weight is 354 g/mol. The zero-order valence-corrected chi connectivity index (χ0v) is 15.7. The summed E-state index contributed by atoms with van der Waals surface area (Å²) >= 11 is 0. The number of fused-ring (bicyclic) bond motifs is 1. The van der Waals surface area contributed by atoms with Crippen LogP contribution in [0.1, 0.15) is 56.1 Å². The Morgan fingerprint density at radius 2 is 1.77 bits per heavy atom. The Morgan fingerprint density at radius 3 is 2.58 bits per heavy atom. The molecule has 0 bridgehead atoms. The van der Waals surface area contributed by atoms with E-state index in [9.17, 15) is 9.59 Å². The smallest absolute Gasteiger partial charge is 0.227 e. The van der Waals surface area contributed by atoms with Crippen LogP contribution in [-0.2, 0) is 22.6 Å². The van der Waals surface area contributed by atoms with Crippen LogP contribution in [-0.4, -0.2) is 41.2 Å². The topological polar surface area (TPSA) is 40.6 Å². The number of benzene rings is 1. The maximum Gasteiger partial charge on any atom is 0.227 e. The van der Waals surface area contributed by atoms with Crippen molar-refractivity contribution in [1.82, 2.24) is 9.80 Å². The van der Waals surface area contributed by atoms with Gasteiger partial charge in [0.05, 0.1) is 5.92 Å². The minimum absolute atomic E-state index is 0.0125. The number of piperidine rings is 1. The molecule has 2 aliphatic heterocycles. The molecule has 140 valence electrons. The van der Waals surface area contributed by atoms with Crippen molar-refractivity contribution in [2.45, 2.75) is 57.9 Å². The van der Waals surface area contributed by atoms with E-state index >= 15 is 0 Å². The third-order valence-corrected chi connectivity index (χ3v) is 6.50. The van der Waals surface area contributed by atoms with Crippen molar-refractivity contribution < 1.29 is 9.59 Å². The Morgan fingerprint density at radius 1 is 1.00 bits per heavy atom. The van der Waals surface area contributed by atoms with Gasteiger partial charge in [-0.05, 0) is 42.7 Å². The quantitative estimate of drug-likeness (QED) is 0.835. The first-order valence-electron chi connectivity index (χ1n) is 10.3. The van der Waals surface area contributed by atoms with Gasteiger partial charge in [0.2, 0.25) is 11.8 Å². The molecule has 1 aliphatic carbocycles. The maximum absolute atomic E-state index is 13.1. The molecule has 2 fully saturated rings. The highest BCUT2D eigenvalue weighted by Crippen LogP contribution is 2.28. The van der Waals surface area contributed by atoms with Gasteiger partial charge in [0.15, 0.2) is 0 Å². The van der Waals surface area contributed by atoms with Crippen molar-refractivity contribution in [1.29, 1.82) is 0 Å². The summed E-state index contributed by atoms with van der Waals surface area (Å²) in [4.78, 5) is 29.5. The first-order valence-corrected chi connectivity index (χ1v) is 10.3. The van der Waals surface area contributed by atoms with Crippen molar-refractivity contribution in [2.24, 2.45) is 11.8 Å². The van der Waals surface area contributed by atoms with E-state index < -0.39 is 0 Å². The van der Waals surface area contributed by atoms with Crippen LogP contribution in [0.15, 0.2) is 24.3 Å². The van der Waals surface area contributed by atoms with Crippen LogP contribution in [0.5, 0.6) is 0 Å². The van der Waals surface area contributed by atoms with Gasteiger partial charge in [-0.15, -0.1) is 0 Å². The van der Waals surface area contributed by atoms with Crippen molar-refractivity contribution in [3.63, 3.8) is 0 Å². The molecule has 0 N–H and O–H groups in total. The lowest BCUT2D eigenvalue weighted by molar-refractivity contribution is -0.144. The monoisotopic (exact) mass is 354 g/mol. The SMILES string of the molecule is O=C1CCC(C(=O)N2CCc3ccccc3C2)CN1CC1CCCCC1. The van der Waals surface area contributed by atoms with Crippen LogP contribution in [0.4, 0.5) is 0 Å². The van der Waals surface area contributed by atoms with Crippen molar-refractivity contribution in [3.8, 4) is 0 Å². The molecule has 3 aliphatic rings. The van der Waals surface area contributed by atoms with Crippen LogP contribution in [0.2, 0.25) is 0 Å². The molecule has 1 saturated carbocycles. The molecule has 1 unspecified atom stereocenters. The van der Waals surface area contributed by atoms with Crippen molar-refractivity contribution in [2.75, 3.05) is 19.6 Å². The van der Waals surface area contributed by atoms with E-state index in [0.29, 0.717) is 18.9 Å². The first kappa shape index (κ1) is 17.6. The Bertz CT molecular complexity index is 666. The molecule has 1 aromatic rings. The Balaban J connectivity index is 1.38. The van der Waals surface area contributed by atoms with Gasteiger partial charge in [0, 0.05) is 32.6 Å². The molecular formula is C22H30N2O2. The molecule has 1 saturated heterocycles. The fourth-order valence-electron chi connectivity index (χ4n) is 4.92. The second-order valence-electron chi connectivity index (χ2n) is 8.32. The zero-order chi connectivity index (χ0) is 17.9. The number of hydrogen-bond donors (Lipinski definition) is 0. The van der Waals surface area contributed by atoms with Crippen LogP contribution in [0, 0.1) is 11.8 Å². The predicted molar refractivity (Wildman–Crippen MR) is 101 cm³/mol. The highest BCUT2D eigenvalue weighted by molar-refractivity contribution is 5.84. The summed E-state index contributed by atoms with van der Waals surface area (Å²) in [6.45, 7) is 3.03. The Labute approximate surface area is 156 Å². The molecule has 1 atom stereocenters. The van der Waals surface area contributed by atoms with E-state index in [1.165, 1.54) is 43.2 Å². The van der Waals surface area contributed by atoms with E-state index in [2.05, 4.69) is 24.3 Å². The average Bonchev–Trinajstić information content (AvgIpc) is 2.69. The second-order valence-corrected chi connectivity index (χ2v) is 8.32. The molecular weight excluding hydrogens is 324 g/mol. The number of amides is 2. The lowest BCUT2D eigenvalue weighted by Gasteiger charge is -2.38. The zero-order valence-electron chi connectivity index (χ0n) is 15.7. The summed E-state index contributed by atoms with van der Waals surface area (Å²) in [5.41, 5.74) is 2.65. The summed E-state index contributed by atoms with van der Waals surface area (Å²) in [6.07, 6.45) is 8.60. The number of carbonyl (C=O) groups is 2. The molecule has 4 heteroatoms.